The van der Waals surface area contributed by atoms with Crippen molar-refractivity contribution in [1.82, 2.24) is 14.9 Å². The van der Waals surface area contributed by atoms with Crippen molar-refractivity contribution in [2.24, 2.45) is 0 Å². The zero-order valence-corrected chi connectivity index (χ0v) is 6.96. The number of aromatic nitrogens is 2. The molecule has 4 nitrogen and oxygen atoms in total. The van der Waals surface area contributed by atoms with E-state index in [-0.39, 0.29) is 0 Å². The third kappa shape index (κ3) is 1.51. The zero-order valence-electron chi connectivity index (χ0n) is 6.96. The molecule has 1 rings (SSSR count). The summed E-state index contributed by atoms with van der Waals surface area (Å²) in [5, 5.41) is 3.06. The second-order valence-electron chi connectivity index (χ2n) is 2.38. The molecule has 0 saturated heterocycles. The minimum atomic E-state index is 0.595. The molecule has 0 bridgehead atoms. The summed E-state index contributed by atoms with van der Waals surface area (Å²) in [4.78, 5) is 4.01. The van der Waals surface area contributed by atoms with Crippen molar-refractivity contribution in [3.05, 3.63) is 11.9 Å². The molecule has 0 unspecified atom stereocenters. The summed E-state index contributed by atoms with van der Waals surface area (Å²) in [6.45, 7) is 3.75. The van der Waals surface area contributed by atoms with Crippen LogP contribution in [0.4, 0.5) is 5.95 Å². The van der Waals surface area contributed by atoms with Gasteiger partial charge in [0.25, 0.3) is 0 Å². The summed E-state index contributed by atoms with van der Waals surface area (Å²) in [5.41, 5.74) is 6.74. The number of rotatable bonds is 3. The molecular formula is C7H14N4. The summed E-state index contributed by atoms with van der Waals surface area (Å²) in [5.74, 6) is 0.595. The van der Waals surface area contributed by atoms with Crippen molar-refractivity contribution in [3.63, 3.8) is 0 Å². The highest BCUT2D eigenvalue weighted by Gasteiger charge is 2.02. The topological polar surface area (TPSA) is 55.9 Å². The molecule has 1 aromatic rings. The number of nitrogens with one attached hydrogen (secondary N) is 1. The van der Waals surface area contributed by atoms with Gasteiger partial charge < -0.3 is 15.6 Å². The largest absolute Gasteiger partial charge is 0.369 e. The molecule has 1 heterocycles. The summed E-state index contributed by atoms with van der Waals surface area (Å²) < 4.78 is 1.98. The highest BCUT2D eigenvalue weighted by atomic mass is 15.2. The monoisotopic (exact) mass is 154 g/mol. The van der Waals surface area contributed by atoms with Crippen LogP contribution in [0.3, 0.4) is 0 Å². The van der Waals surface area contributed by atoms with Gasteiger partial charge in [-0.3, -0.25) is 0 Å². The number of imidazole rings is 1. The lowest BCUT2D eigenvalue weighted by Crippen LogP contribution is -2.11. The second kappa shape index (κ2) is 3.39. The fourth-order valence-corrected chi connectivity index (χ4v) is 1.11. The first kappa shape index (κ1) is 8.07. The van der Waals surface area contributed by atoms with Crippen molar-refractivity contribution < 1.29 is 0 Å². The minimum absolute atomic E-state index is 0.595. The molecule has 0 saturated carbocycles. The Kier molecular flexibility index (Phi) is 2.48. The maximum Gasteiger partial charge on any atom is 0.200 e. The van der Waals surface area contributed by atoms with Gasteiger partial charge in [0.2, 0.25) is 0 Å². The van der Waals surface area contributed by atoms with Gasteiger partial charge in [-0.1, -0.05) is 0 Å². The van der Waals surface area contributed by atoms with Crippen LogP contribution in [-0.4, -0.2) is 16.6 Å². The molecule has 0 aromatic carbocycles. The van der Waals surface area contributed by atoms with E-state index >= 15 is 0 Å². The van der Waals surface area contributed by atoms with Gasteiger partial charge in [0.05, 0.1) is 11.9 Å². The first-order chi connectivity index (χ1) is 5.29. The third-order valence-electron chi connectivity index (χ3n) is 1.64. The van der Waals surface area contributed by atoms with Crippen molar-refractivity contribution in [3.8, 4) is 0 Å². The quantitative estimate of drug-likeness (QED) is 0.654. The molecule has 0 spiro atoms. The maximum absolute atomic E-state index is 5.61. The number of hydrogen-bond donors (Lipinski definition) is 2. The molecule has 4 heteroatoms. The van der Waals surface area contributed by atoms with Crippen LogP contribution < -0.4 is 11.1 Å². The first-order valence-electron chi connectivity index (χ1n) is 3.74. The lowest BCUT2D eigenvalue weighted by Gasteiger charge is -2.04. The minimum Gasteiger partial charge on any atom is -0.369 e. The Hall–Kier alpha value is -1.03. The van der Waals surface area contributed by atoms with Crippen molar-refractivity contribution in [2.75, 3.05) is 12.8 Å². The van der Waals surface area contributed by atoms with E-state index < -0.39 is 0 Å². The van der Waals surface area contributed by atoms with Crippen molar-refractivity contribution in [2.45, 2.75) is 20.0 Å². The Morgan fingerprint density at radius 3 is 3.00 bits per heavy atom. The average molecular weight is 154 g/mol. The third-order valence-corrected chi connectivity index (χ3v) is 1.64. The molecule has 62 valence electrons. The molecule has 11 heavy (non-hydrogen) atoms. The highest BCUT2D eigenvalue weighted by Crippen LogP contribution is 2.05. The van der Waals surface area contributed by atoms with E-state index in [1.807, 2.05) is 11.6 Å². The van der Waals surface area contributed by atoms with Gasteiger partial charge >= 0.3 is 0 Å². The number of hydrogen-bond acceptors (Lipinski definition) is 3. The van der Waals surface area contributed by atoms with Crippen LogP contribution in [0.2, 0.25) is 0 Å². The molecule has 0 fully saturated rings. The predicted octanol–water partition coefficient (Wildman–Crippen LogP) is 0.205. The Morgan fingerprint density at radius 1 is 1.73 bits per heavy atom. The normalized spacial score (nSPS) is 10.4. The van der Waals surface area contributed by atoms with Gasteiger partial charge in [-0.15, -0.1) is 0 Å². The number of anilines is 1. The maximum atomic E-state index is 5.61. The van der Waals surface area contributed by atoms with E-state index in [0.29, 0.717) is 5.95 Å². The van der Waals surface area contributed by atoms with Crippen molar-refractivity contribution in [1.29, 1.82) is 0 Å². The molecule has 0 atom stereocenters. The molecule has 3 N–H and O–H groups in total. The standard InChI is InChI=1S/C7H14N4/c1-3-11-6(4-9-2)5-10-7(11)8/h5,9H,3-4H2,1-2H3,(H2,8,10). The van der Waals surface area contributed by atoms with Crippen LogP contribution in [0, 0.1) is 0 Å². The van der Waals surface area contributed by atoms with Gasteiger partial charge in [-0.25, -0.2) is 4.98 Å². The lowest BCUT2D eigenvalue weighted by atomic mass is 10.4. The molecule has 0 aliphatic heterocycles. The lowest BCUT2D eigenvalue weighted by molar-refractivity contribution is 0.682. The molecule has 0 amide bonds. The highest BCUT2D eigenvalue weighted by molar-refractivity contribution is 5.22. The van der Waals surface area contributed by atoms with E-state index in [9.17, 15) is 0 Å². The van der Waals surface area contributed by atoms with Gasteiger partial charge in [-0.05, 0) is 14.0 Å². The zero-order chi connectivity index (χ0) is 8.27. The number of nitrogens with two attached hydrogens (primary N) is 1. The van der Waals surface area contributed by atoms with Crippen LogP contribution >= 0.6 is 0 Å². The SMILES string of the molecule is CCn1c(CNC)cnc1N. The fourth-order valence-electron chi connectivity index (χ4n) is 1.11. The summed E-state index contributed by atoms with van der Waals surface area (Å²) in [6.07, 6.45) is 1.80. The molecule has 0 aliphatic carbocycles. The molecular weight excluding hydrogens is 140 g/mol. The van der Waals surface area contributed by atoms with E-state index in [2.05, 4.69) is 17.2 Å². The van der Waals surface area contributed by atoms with Crippen LogP contribution in [0.15, 0.2) is 6.20 Å². The van der Waals surface area contributed by atoms with Gasteiger partial charge in [0.1, 0.15) is 0 Å². The van der Waals surface area contributed by atoms with Gasteiger partial charge in [-0.2, -0.15) is 0 Å². The van der Waals surface area contributed by atoms with Gasteiger partial charge in [0, 0.05) is 13.1 Å². The van der Waals surface area contributed by atoms with Crippen LogP contribution in [0.1, 0.15) is 12.6 Å². The number of nitrogens with zero attached hydrogens (tertiary/aromatic N) is 2. The predicted molar refractivity (Wildman–Crippen MR) is 45.1 cm³/mol. The van der Waals surface area contributed by atoms with E-state index in [0.717, 1.165) is 18.8 Å². The Labute approximate surface area is 66.4 Å². The first-order valence-corrected chi connectivity index (χ1v) is 3.74. The molecule has 0 aliphatic rings. The summed E-state index contributed by atoms with van der Waals surface area (Å²) in [6, 6.07) is 0. The second-order valence-corrected chi connectivity index (χ2v) is 2.38. The Balaban J connectivity index is 2.86. The van der Waals surface area contributed by atoms with Crippen LogP contribution in [-0.2, 0) is 13.1 Å². The number of nitrogen functional groups attached to an aromatic ring is 1. The smallest absolute Gasteiger partial charge is 0.200 e. The molecule has 0 radical (unpaired) electrons. The van der Waals surface area contributed by atoms with Gasteiger partial charge in [0.15, 0.2) is 5.95 Å². The summed E-state index contributed by atoms with van der Waals surface area (Å²) in [7, 11) is 1.91. The van der Waals surface area contributed by atoms with Crippen LogP contribution in [0.5, 0.6) is 0 Å². The van der Waals surface area contributed by atoms with Crippen LogP contribution in [0.25, 0.3) is 0 Å². The van der Waals surface area contributed by atoms with E-state index in [1.54, 1.807) is 6.20 Å². The molecule has 1 aromatic heterocycles. The Bertz CT molecular complexity index is 228. The fraction of sp³-hybridized carbons (Fsp3) is 0.571. The average Bonchev–Trinajstić information content (AvgIpc) is 2.33. The van der Waals surface area contributed by atoms with E-state index in [4.69, 9.17) is 5.73 Å². The van der Waals surface area contributed by atoms with E-state index in [1.165, 1.54) is 0 Å². The summed E-state index contributed by atoms with van der Waals surface area (Å²) >= 11 is 0. The van der Waals surface area contributed by atoms with Crippen molar-refractivity contribution >= 4 is 5.95 Å². The Morgan fingerprint density at radius 2 is 2.45 bits per heavy atom.